The lowest BCUT2D eigenvalue weighted by molar-refractivity contribution is 0.0659. The van der Waals surface area contributed by atoms with Crippen LogP contribution in [0.1, 0.15) is 62.5 Å². The van der Waals surface area contributed by atoms with Gasteiger partial charge in [-0.25, -0.2) is 0 Å². The van der Waals surface area contributed by atoms with Crippen molar-refractivity contribution in [3.63, 3.8) is 0 Å². The van der Waals surface area contributed by atoms with E-state index >= 15 is 0 Å². The van der Waals surface area contributed by atoms with E-state index in [1.807, 2.05) is 104 Å². The Morgan fingerprint density at radius 3 is 2.26 bits per heavy atom. The quantitative estimate of drug-likeness (QED) is 0.269. The molecule has 4 aromatic carbocycles. The molecule has 0 spiro atoms. The molecule has 5 heteroatoms. The van der Waals surface area contributed by atoms with Crippen molar-refractivity contribution in [1.82, 2.24) is 4.90 Å². The molecule has 0 saturated heterocycles. The van der Waals surface area contributed by atoms with Gasteiger partial charge in [0.05, 0.1) is 0 Å². The number of aryl methyl sites for hydroxylation is 3. The van der Waals surface area contributed by atoms with Crippen LogP contribution in [0.5, 0.6) is 0 Å². The summed E-state index contributed by atoms with van der Waals surface area (Å²) >= 11 is 0. The molecule has 5 nitrogen and oxygen atoms in total. The molecule has 2 unspecified atom stereocenters. The first-order valence-corrected chi connectivity index (χ1v) is 13.1. The molecule has 2 N–H and O–H groups in total. The number of carbonyl (C=O) groups is 2. The minimum absolute atomic E-state index is 0.0376. The Bertz CT molecular complexity index is 1450. The molecule has 2 atom stereocenters. The second-order valence-electron chi connectivity index (χ2n) is 10.1. The average Bonchev–Trinajstić information content (AvgIpc) is 3.21. The van der Waals surface area contributed by atoms with Crippen LogP contribution in [-0.2, 0) is 6.42 Å². The Balaban J connectivity index is 1.31. The highest BCUT2D eigenvalue weighted by atomic mass is 16.2. The van der Waals surface area contributed by atoms with Gasteiger partial charge in [-0.1, -0.05) is 54.6 Å². The first-order valence-electron chi connectivity index (χ1n) is 13.1. The lowest BCUT2D eigenvalue weighted by Gasteiger charge is -2.32. The zero-order valence-corrected chi connectivity index (χ0v) is 22.1. The molecule has 0 aliphatic carbocycles. The monoisotopic (exact) mass is 503 g/mol. The van der Waals surface area contributed by atoms with E-state index in [4.69, 9.17) is 0 Å². The Morgan fingerprint density at radius 2 is 1.53 bits per heavy atom. The molecule has 192 valence electrons. The number of hydrogen-bond acceptors (Lipinski definition) is 3. The summed E-state index contributed by atoms with van der Waals surface area (Å²) in [5.74, 6) is -0.111. The normalized spacial score (nSPS) is 15.2. The lowest BCUT2D eigenvalue weighted by Crippen LogP contribution is -2.39. The van der Waals surface area contributed by atoms with Crippen molar-refractivity contribution in [1.29, 1.82) is 0 Å². The number of amides is 2. The van der Waals surface area contributed by atoms with Crippen molar-refractivity contribution in [2.75, 3.05) is 10.6 Å². The molecule has 1 aliphatic heterocycles. The Kier molecular flexibility index (Phi) is 7.27. The van der Waals surface area contributed by atoms with Gasteiger partial charge in [-0.2, -0.15) is 0 Å². The smallest absolute Gasteiger partial charge is 0.256 e. The molecule has 1 heterocycles. The van der Waals surface area contributed by atoms with E-state index in [9.17, 15) is 9.59 Å². The maximum absolute atomic E-state index is 13.4. The second-order valence-corrected chi connectivity index (χ2v) is 10.1. The number of nitrogens with one attached hydrogen (secondary N) is 2. The van der Waals surface area contributed by atoms with Crippen LogP contribution in [0.15, 0.2) is 97.1 Å². The fraction of sp³-hybridized carbons (Fsp3) is 0.212. The van der Waals surface area contributed by atoms with Crippen LogP contribution in [0.25, 0.3) is 0 Å². The van der Waals surface area contributed by atoms with Gasteiger partial charge in [-0.15, -0.1) is 0 Å². The largest absolute Gasteiger partial charge is 0.361 e. The minimum atomic E-state index is -0.278. The van der Waals surface area contributed by atoms with Gasteiger partial charge >= 0.3 is 0 Å². The van der Waals surface area contributed by atoms with Gasteiger partial charge in [0.1, 0.15) is 6.17 Å². The lowest BCUT2D eigenvalue weighted by atomic mass is 10.0. The molecule has 1 aliphatic rings. The number of rotatable bonds is 8. The van der Waals surface area contributed by atoms with Crippen LogP contribution in [0, 0.1) is 13.8 Å². The zero-order valence-electron chi connectivity index (χ0n) is 22.1. The molecule has 0 radical (unpaired) electrons. The fourth-order valence-electron chi connectivity index (χ4n) is 5.00. The summed E-state index contributed by atoms with van der Waals surface area (Å²) in [4.78, 5) is 28.2. The highest BCUT2D eigenvalue weighted by Gasteiger charge is 2.39. The van der Waals surface area contributed by atoms with Crippen molar-refractivity contribution in [2.24, 2.45) is 0 Å². The van der Waals surface area contributed by atoms with Crippen molar-refractivity contribution < 1.29 is 9.59 Å². The van der Waals surface area contributed by atoms with Crippen LogP contribution < -0.4 is 10.6 Å². The number of benzene rings is 4. The van der Waals surface area contributed by atoms with E-state index in [1.54, 1.807) is 0 Å². The summed E-state index contributed by atoms with van der Waals surface area (Å²) in [5.41, 5.74) is 7.50. The number of anilines is 2. The second kappa shape index (κ2) is 10.9. The summed E-state index contributed by atoms with van der Waals surface area (Å²) in [6.45, 7) is 6.19. The Hall–Kier alpha value is -4.38. The number of hydrogen-bond donors (Lipinski definition) is 2. The van der Waals surface area contributed by atoms with Crippen LogP contribution in [0.3, 0.4) is 0 Å². The molecule has 0 aromatic heterocycles. The number of fused-ring (bicyclic) bond motifs is 1. The molecule has 0 fully saturated rings. The van der Waals surface area contributed by atoms with E-state index in [0.29, 0.717) is 5.56 Å². The van der Waals surface area contributed by atoms with Crippen LogP contribution >= 0.6 is 0 Å². The van der Waals surface area contributed by atoms with Crippen LogP contribution in [0.4, 0.5) is 11.4 Å². The average molecular weight is 504 g/mol. The van der Waals surface area contributed by atoms with Crippen molar-refractivity contribution in [3.05, 3.63) is 130 Å². The molecule has 2 amide bonds. The van der Waals surface area contributed by atoms with Gasteiger partial charge in [0.25, 0.3) is 11.8 Å². The summed E-state index contributed by atoms with van der Waals surface area (Å²) < 4.78 is 0. The van der Waals surface area contributed by atoms with E-state index in [0.717, 1.165) is 40.9 Å². The molecule has 38 heavy (non-hydrogen) atoms. The van der Waals surface area contributed by atoms with Gasteiger partial charge in [0.15, 0.2) is 0 Å². The molecule has 4 aromatic rings. The van der Waals surface area contributed by atoms with E-state index in [1.165, 1.54) is 11.1 Å². The predicted octanol–water partition coefficient (Wildman–Crippen LogP) is 7.14. The molecular formula is C33H33N3O2. The fourth-order valence-corrected chi connectivity index (χ4v) is 5.00. The molecule has 0 bridgehead atoms. The predicted molar refractivity (Wildman–Crippen MR) is 154 cm³/mol. The first kappa shape index (κ1) is 25.3. The highest BCUT2D eigenvalue weighted by molar-refractivity contribution is 6.04. The van der Waals surface area contributed by atoms with Crippen LogP contribution in [-0.4, -0.2) is 22.8 Å². The van der Waals surface area contributed by atoms with E-state index in [-0.39, 0.29) is 24.0 Å². The molecule has 5 rings (SSSR count). The minimum Gasteiger partial charge on any atom is -0.361 e. The standard InChI is InChI=1S/C33H33N3O2/c1-22-13-18-28(21-23(22)2)35-32(37)26-16-19-27(20-17-26)34-31-29-11-7-8-12-30(29)33(38)36(31)24(3)14-15-25-9-5-4-6-10-25/h4-13,16-21,24,31,34H,14-15H2,1-3H3,(H,35,37). The summed E-state index contributed by atoms with van der Waals surface area (Å²) in [5, 5.41) is 6.53. The van der Waals surface area contributed by atoms with Gasteiger partial charge in [0, 0.05) is 34.1 Å². The maximum atomic E-state index is 13.4. The van der Waals surface area contributed by atoms with Crippen molar-refractivity contribution in [2.45, 2.75) is 45.8 Å². The zero-order chi connectivity index (χ0) is 26.6. The third-order valence-corrected chi connectivity index (χ3v) is 7.38. The topological polar surface area (TPSA) is 61.4 Å². The maximum Gasteiger partial charge on any atom is 0.256 e. The van der Waals surface area contributed by atoms with Gasteiger partial charge in [-0.05, 0) is 92.8 Å². The van der Waals surface area contributed by atoms with Gasteiger partial charge < -0.3 is 15.5 Å². The Morgan fingerprint density at radius 1 is 0.842 bits per heavy atom. The third kappa shape index (κ3) is 5.32. The summed E-state index contributed by atoms with van der Waals surface area (Å²) in [7, 11) is 0. The summed E-state index contributed by atoms with van der Waals surface area (Å²) in [6, 6.07) is 31.5. The Labute approximate surface area is 224 Å². The van der Waals surface area contributed by atoms with Gasteiger partial charge in [0.2, 0.25) is 0 Å². The SMILES string of the molecule is Cc1ccc(NC(=O)c2ccc(NC3c4ccccc4C(=O)N3C(C)CCc3ccccc3)cc2)cc1C. The molecule has 0 saturated carbocycles. The van der Waals surface area contributed by atoms with Crippen molar-refractivity contribution >= 4 is 23.2 Å². The van der Waals surface area contributed by atoms with Gasteiger partial charge in [-0.3, -0.25) is 9.59 Å². The highest BCUT2D eigenvalue weighted by Crippen LogP contribution is 2.36. The third-order valence-electron chi connectivity index (χ3n) is 7.38. The van der Waals surface area contributed by atoms with E-state index < -0.39 is 0 Å². The number of nitrogens with zero attached hydrogens (tertiary/aromatic N) is 1. The van der Waals surface area contributed by atoms with E-state index in [2.05, 4.69) is 29.7 Å². The molecular weight excluding hydrogens is 470 g/mol. The van der Waals surface area contributed by atoms with Crippen LogP contribution in [0.2, 0.25) is 0 Å². The summed E-state index contributed by atoms with van der Waals surface area (Å²) in [6.07, 6.45) is 1.48. The first-order chi connectivity index (χ1) is 18.4. The number of carbonyl (C=O) groups excluding carboxylic acids is 2. The van der Waals surface area contributed by atoms with Crippen molar-refractivity contribution in [3.8, 4) is 0 Å².